The Morgan fingerprint density at radius 1 is 1.02 bits per heavy atom. The van der Waals surface area contributed by atoms with Gasteiger partial charge in [-0.2, -0.15) is 15.1 Å². The molecular formula is C28H36ClN7O6. The van der Waals surface area contributed by atoms with Crippen LogP contribution in [0.5, 0.6) is 5.75 Å². The maximum absolute atomic E-state index is 13.2. The number of aromatic nitrogens is 5. The summed E-state index contributed by atoms with van der Waals surface area (Å²) in [5, 5.41) is 12.1. The van der Waals surface area contributed by atoms with Crippen LogP contribution in [0.25, 0.3) is 11.0 Å². The van der Waals surface area contributed by atoms with Crippen molar-refractivity contribution in [2.45, 2.75) is 86.0 Å². The summed E-state index contributed by atoms with van der Waals surface area (Å²) < 4.78 is 18.0. The third-order valence-electron chi connectivity index (χ3n) is 5.78. The Hall–Kier alpha value is -4.13. The molecule has 3 aromatic heterocycles. The van der Waals surface area contributed by atoms with Gasteiger partial charge in [-0.1, -0.05) is 11.6 Å². The second kappa shape index (κ2) is 12.4. The van der Waals surface area contributed by atoms with Crippen LogP contribution in [0.2, 0.25) is 5.15 Å². The third kappa shape index (κ3) is 7.58. The molecule has 0 aliphatic rings. The fourth-order valence-corrected chi connectivity index (χ4v) is 4.28. The molecular weight excluding hydrogens is 566 g/mol. The predicted octanol–water partition coefficient (Wildman–Crippen LogP) is 5.38. The molecule has 0 aliphatic heterocycles. The summed E-state index contributed by atoms with van der Waals surface area (Å²) >= 11 is 6.65. The first-order chi connectivity index (χ1) is 19.5. The molecule has 1 N–H and O–H groups in total. The number of ether oxygens (including phenoxy) is 3. The highest BCUT2D eigenvalue weighted by Crippen LogP contribution is 2.31. The van der Waals surface area contributed by atoms with Crippen LogP contribution in [0, 0.1) is 19.3 Å². The van der Waals surface area contributed by atoms with Gasteiger partial charge in [0.2, 0.25) is 5.95 Å². The largest absolute Gasteiger partial charge is 0.496 e. The number of carbonyl (C=O) groups excluding carboxylic acids is 3. The molecule has 0 atom stereocenters. The number of fused-ring (bicyclic) bond motifs is 1. The minimum atomic E-state index is -1.06. The molecule has 3 heterocycles. The number of halogens is 1. The highest BCUT2D eigenvalue weighted by Gasteiger charge is 2.36. The van der Waals surface area contributed by atoms with Gasteiger partial charge in [0, 0.05) is 23.7 Å². The van der Waals surface area contributed by atoms with Gasteiger partial charge < -0.3 is 19.6 Å². The van der Waals surface area contributed by atoms with Gasteiger partial charge in [-0.15, -0.1) is 4.90 Å². The van der Waals surface area contributed by atoms with Gasteiger partial charge in [-0.25, -0.2) is 14.3 Å². The van der Waals surface area contributed by atoms with Crippen molar-refractivity contribution in [3.8, 4) is 5.75 Å². The first-order valence-corrected chi connectivity index (χ1v) is 13.5. The summed E-state index contributed by atoms with van der Waals surface area (Å²) in [6.45, 7) is 13.8. The van der Waals surface area contributed by atoms with E-state index in [-0.39, 0.29) is 36.1 Å². The van der Waals surface area contributed by atoms with Gasteiger partial charge in [-0.3, -0.25) is 9.78 Å². The molecule has 2 amide bonds. The number of carbonyl (C=O) groups is 3. The lowest BCUT2D eigenvalue weighted by Gasteiger charge is -2.27. The number of anilines is 1. The molecule has 0 radical (unpaired) electrons. The molecule has 0 fully saturated rings. The average molecular weight is 602 g/mol. The van der Waals surface area contributed by atoms with E-state index in [0.29, 0.717) is 27.4 Å². The number of nitrogens with zero attached hydrogens (tertiary/aromatic N) is 6. The van der Waals surface area contributed by atoms with Crippen LogP contribution in [0.3, 0.4) is 0 Å². The number of hydrogen-bond donors (Lipinski definition) is 1. The highest BCUT2D eigenvalue weighted by atomic mass is 35.5. The number of imide groups is 1. The Balaban J connectivity index is 2.24. The lowest BCUT2D eigenvalue weighted by atomic mass is 10.1. The van der Waals surface area contributed by atoms with Crippen LogP contribution in [0.1, 0.15) is 70.5 Å². The van der Waals surface area contributed by atoms with E-state index in [1.54, 1.807) is 54.8 Å². The van der Waals surface area contributed by atoms with E-state index in [2.05, 4.69) is 20.1 Å². The predicted molar refractivity (Wildman–Crippen MR) is 157 cm³/mol. The number of amides is 2. The number of pyridine rings is 1. The molecule has 226 valence electrons. The number of methoxy groups -OCH3 is 1. The maximum atomic E-state index is 13.2. The van der Waals surface area contributed by atoms with Crippen LogP contribution < -0.4 is 9.64 Å². The molecule has 3 rings (SSSR count). The maximum Gasteiger partial charge on any atom is 0.427 e. The summed E-state index contributed by atoms with van der Waals surface area (Å²) in [6, 6.07) is 0. The summed E-state index contributed by atoms with van der Waals surface area (Å²) in [5.41, 5.74) is 0.940. The molecule has 13 nitrogen and oxygen atoms in total. The van der Waals surface area contributed by atoms with Crippen LogP contribution in [0.15, 0.2) is 6.20 Å². The molecule has 0 unspecified atom stereocenters. The van der Waals surface area contributed by atoms with Gasteiger partial charge >= 0.3 is 12.2 Å². The Morgan fingerprint density at radius 3 is 2.14 bits per heavy atom. The molecule has 0 saturated heterocycles. The van der Waals surface area contributed by atoms with Crippen LogP contribution in [-0.4, -0.2) is 67.2 Å². The standard InChI is InChI=1S/C28H36ClN7O6/c1-15-13-31-19(16(2)21(15)40-9)14-35-23-20(18(34-35)11-10-17(37)12-30)22(29)32-24(33-23)36(25(38)41-27(3,4)5)26(39)42-28(6,7)8/h12-13,30H,10-11,14H2,1-9H3. The topological polar surface area (TPSA) is 162 Å². The van der Waals surface area contributed by atoms with Gasteiger partial charge in [0.15, 0.2) is 11.4 Å². The van der Waals surface area contributed by atoms with Crippen molar-refractivity contribution in [2.24, 2.45) is 0 Å². The minimum absolute atomic E-state index is 0.00523. The molecule has 0 saturated carbocycles. The van der Waals surface area contributed by atoms with E-state index in [0.717, 1.165) is 17.3 Å². The second-order valence-corrected chi connectivity index (χ2v) is 11.9. The molecule has 0 spiro atoms. The van der Waals surface area contributed by atoms with Gasteiger partial charge in [-0.05, 0) is 61.8 Å². The fourth-order valence-electron chi connectivity index (χ4n) is 4.01. The van der Waals surface area contributed by atoms with E-state index in [1.165, 1.54) is 4.68 Å². The van der Waals surface area contributed by atoms with Crippen molar-refractivity contribution in [1.29, 1.82) is 5.41 Å². The Kier molecular flexibility index (Phi) is 9.56. The minimum Gasteiger partial charge on any atom is -0.496 e. The number of ketones is 1. The third-order valence-corrected chi connectivity index (χ3v) is 6.05. The van der Waals surface area contributed by atoms with Crippen molar-refractivity contribution in [3.05, 3.63) is 33.9 Å². The monoisotopic (exact) mass is 601 g/mol. The van der Waals surface area contributed by atoms with Crippen molar-refractivity contribution in [2.75, 3.05) is 12.0 Å². The lowest BCUT2D eigenvalue weighted by molar-refractivity contribution is -0.112. The first kappa shape index (κ1) is 32.4. The number of rotatable bonds is 8. The zero-order valence-corrected chi connectivity index (χ0v) is 26.0. The van der Waals surface area contributed by atoms with Crippen molar-refractivity contribution in [1.82, 2.24) is 24.7 Å². The Labute approximate surface area is 249 Å². The quantitative estimate of drug-likeness (QED) is 0.262. The van der Waals surface area contributed by atoms with Crippen molar-refractivity contribution in [3.63, 3.8) is 0 Å². The number of Topliss-reactive ketones (excluding diaryl/α,β-unsaturated/α-hetero) is 1. The molecule has 0 aliphatic carbocycles. The first-order valence-electron chi connectivity index (χ1n) is 13.2. The summed E-state index contributed by atoms with van der Waals surface area (Å²) in [5.74, 6) is -0.110. The van der Waals surface area contributed by atoms with Gasteiger partial charge in [0.1, 0.15) is 22.1 Å². The second-order valence-electron chi connectivity index (χ2n) is 11.6. The van der Waals surface area contributed by atoms with Gasteiger partial charge in [0.05, 0.1) is 36.6 Å². The molecule has 0 bridgehead atoms. The molecule has 14 heteroatoms. The number of hydrogen-bond acceptors (Lipinski definition) is 11. The number of nitrogens with one attached hydrogen (secondary N) is 1. The van der Waals surface area contributed by atoms with Crippen LogP contribution in [0.4, 0.5) is 15.5 Å². The normalized spacial score (nSPS) is 11.8. The Bertz CT molecular complexity index is 1510. The molecule has 42 heavy (non-hydrogen) atoms. The van der Waals surface area contributed by atoms with Crippen LogP contribution >= 0.6 is 11.6 Å². The fraction of sp³-hybridized carbons (Fsp3) is 0.500. The zero-order valence-electron chi connectivity index (χ0n) is 25.3. The molecule has 0 aromatic carbocycles. The highest BCUT2D eigenvalue weighted by molar-refractivity contribution is 6.34. The van der Waals surface area contributed by atoms with Crippen LogP contribution in [-0.2, 0) is 27.2 Å². The summed E-state index contributed by atoms with van der Waals surface area (Å²) in [4.78, 5) is 52.3. The van der Waals surface area contributed by atoms with E-state index < -0.39 is 29.2 Å². The lowest BCUT2D eigenvalue weighted by Crippen LogP contribution is -2.44. The van der Waals surface area contributed by atoms with E-state index in [4.69, 9.17) is 31.2 Å². The van der Waals surface area contributed by atoms with Gasteiger partial charge in [0.25, 0.3) is 0 Å². The Morgan fingerprint density at radius 2 is 1.62 bits per heavy atom. The molecule has 3 aromatic rings. The SMILES string of the molecule is COc1c(C)cnc(Cn2nc(CCC(=O)C=N)c3c(Cl)nc(N(C(=O)OC(C)(C)C)C(=O)OC(C)(C)C)nc32)c1C. The zero-order chi connectivity index (χ0) is 31.6. The van der Waals surface area contributed by atoms with Crippen molar-refractivity contribution < 1.29 is 28.6 Å². The smallest absolute Gasteiger partial charge is 0.427 e. The summed E-state index contributed by atoms with van der Waals surface area (Å²) in [7, 11) is 1.57. The van der Waals surface area contributed by atoms with E-state index in [1.807, 2.05) is 13.8 Å². The summed E-state index contributed by atoms with van der Waals surface area (Å²) in [6.07, 6.45) is 0.445. The van der Waals surface area contributed by atoms with E-state index in [9.17, 15) is 14.4 Å². The number of aryl methyl sites for hydroxylation is 2. The van der Waals surface area contributed by atoms with E-state index >= 15 is 0 Å². The average Bonchev–Trinajstić information content (AvgIpc) is 3.20. The van der Waals surface area contributed by atoms with Crippen molar-refractivity contribution >= 4 is 52.8 Å².